The van der Waals surface area contributed by atoms with Crippen molar-refractivity contribution in [1.29, 1.82) is 0 Å². The van der Waals surface area contributed by atoms with E-state index in [4.69, 9.17) is 4.74 Å². The van der Waals surface area contributed by atoms with Crippen LogP contribution in [0.2, 0.25) is 0 Å². The zero-order valence-electron chi connectivity index (χ0n) is 11.5. The van der Waals surface area contributed by atoms with Gasteiger partial charge < -0.3 is 4.74 Å². The summed E-state index contributed by atoms with van der Waals surface area (Å²) in [6.07, 6.45) is 0.685. The Morgan fingerprint density at radius 2 is 2.05 bits per heavy atom. The summed E-state index contributed by atoms with van der Waals surface area (Å²) in [5.41, 5.74) is 0.829. The number of Topliss-reactive ketones (excluding diaryl/α,β-unsaturated/α-hetero) is 1. The summed E-state index contributed by atoms with van der Waals surface area (Å²) < 4.78 is 18.7. The van der Waals surface area contributed by atoms with Crippen LogP contribution < -0.4 is 0 Å². The maximum atomic E-state index is 13.8. The predicted molar refractivity (Wildman–Crippen MR) is 92.8 cm³/mol. The quantitative estimate of drug-likeness (QED) is 0.435. The third-order valence-electron chi connectivity index (χ3n) is 3.22. The maximum Gasteiger partial charge on any atom is 0.309 e. The molecule has 0 spiro atoms. The minimum Gasteiger partial charge on any atom is -0.466 e. The highest BCUT2D eigenvalue weighted by molar-refractivity contribution is 9.09. The van der Waals surface area contributed by atoms with E-state index in [1.165, 1.54) is 12.1 Å². The van der Waals surface area contributed by atoms with Gasteiger partial charge in [0.1, 0.15) is 5.82 Å². The number of ketones is 1. The number of carbonyl (C=O) groups is 2. The molecule has 0 unspecified atom stereocenters. The first-order chi connectivity index (χ1) is 9.08. The molecule has 1 fully saturated rings. The molecule has 1 aromatic rings. The van der Waals surface area contributed by atoms with Crippen LogP contribution in [0.5, 0.6) is 0 Å². The molecule has 0 aliphatic heterocycles. The second kappa shape index (κ2) is 8.80. The Morgan fingerprint density at radius 3 is 2.57 bits per heavy atom. The maximum absolute atomic E-state index is 13.8. The molecule has 7 heteroatoms. The van der Waals surface area contributed by atoms with E-state index in [1.54, 1.807) is 13.0 Å². The summed E-state index contributed by atoms with van der Waals surface area (Å²) in [6, 6.07) is 4.54. The summed E-state index contributed by atoms with van der Waals surface area (Å²) in [4.78, 5) is 22.9. The van der Waals surface area contributed by atoms with Gasteiger partial charge in [0.2, 0.25) is 0 Å². The van der Waals surface area contributed by atoms with E-state index in [0.717, 1.165) is 5.56 Å². The van der Waals surface area contributed by atoms with Crippen molar-refractivity contribution in [3.63, 3.8) is 0 Å². The van der Waals surface area contributed by atoms with Gasteiger partial charge in [-0.3, -0.25) is 9.59 Å². The molecule has 0 bridgehead atoms. The number of benzene rings is 1. The zero-order chi connectivity index (χ0) is 14.0. The second-order valence-electron chi connectivity index (χ2n) is 4.50. The van der Waals surface area contributed by atoms with E-state index in [-0.39, 0.29) is 61.5 Å². The van der Waals surface area contributed by atoms with E-state index >= 15 is 0 Å². The summed E-state index contributed by atoms with van der Waals surface area (Å²) in [5, 5.41) is 0.0954. The number of halogens is 2. The molecule has 0 amide bonds. The van der Waals surface area contributed by atoms with Crippen molar-refractivity contribution in [2.45, 2.75) is 19.3 Å². The highest BCUT2D eigenvalue weighted by Gasteiger charge is 2.45. The average Bonchev–Trinajstić information content (AvgIpc) is 3.18. The van der Waals surface area contributed by atoms with Gasteiger partial charge in [-0.05, 0) is 37.0 Å². The van der Waals surface area contributed by atoms with Gasteiger partial charge in [-0.2, -0.15) is 27.0 Å². The van der Waals surface area contributed by atoms with E-state index in [2.05, 4.69) is 15.9 Å². The normalized spacial score (nSPS) is 19.0. The minimum absolute atomic E-state index is 0. The summed E-state index contributed by atoms with van der Waals surface area (Å²) in [7, 11) is 0. The molecule has 1 aliphatic carbocycles. The third-order valence-corrected chi connectivity index (χ3v) is 3.73. The molecule has 118 valence electrons. The highest BCUT2D eigenvalue weighted by atomic mass is 79.9. The van der Waals surface area contributed by atoms with Crippen LogP contribution in [-0.4, -0.2) is 23.7 Å². The van der Waals surface area contributed by atoms with Crippen LogP contribution in [0.25, 0.3) is 0 Å². The Labute approximate surface area is 145 Å². The van der Waals surface area contributed by atoms with Crippen LogP contribution >= 0.6 is 42.9 Å². The summed E-state index contributed by atoms with van der Waals surface area (Å²) >= 11 is 3.01. The molecule has 1 aromatic carbocycles. The lowest BCUT2D eigenvalue weighted by molar-refractivity contribution is -0.144. The first kappa shape index (κ1) is 20.5. The topological polar surface area (TPSA) is 43.4 Å². The Morgan fingerprint density at radius 1 is 1.38 bits per heavy atom. The van der Waals surface area contributed by atoms with Crippen molar-refractivity contribution in [1.82, 2.24) is 0 Å². The second-order valence-corrected chi connectivity index (χ2v) is 5.06. The Bertz CT molecular complexity index is 525. The van der Waals surface area contributed by atoms with Gasteiger partial charge in [0.15, 0.2) is 5.78 Å². The standard InChI is InChI=1S/C14H14BrFO3.2H2S/c1-2-19-14(18)11-6-10(11)8-3-4-9(12(16)5-8)13(17)7-15;;/h3-5,10-11H,2,6-7H2,1H3;2*1H2/t10-,11+;;/m1../s1. The fraction of sp³-hybridized carbons (Fsp3) is 0.429. The van der Waals surface area contributed by atoms with Gasteiger partial charge in [0.05, 0.1) is 23.4 Å². The molecule has 0 N–H and O–H groups in total. The number of alkyl halides is 1. The number of carbonyl (C=O) groups excluding carboxylic acids is 2. The number of hydrogen-bond acceptors (Lipinski definition) is 3. The fourth-order valence-electron chi connectivity index (χ4n) is 2.13. The van der Waals surface area contributed by atoms with Crippen LogP contribution in [0.1, 0.15) is 35.2 Å². The van der Waals surface area contributed by atoms with Crippen molar-refractivity contribution >= 4 is 54.7 Å². The van der Waals surface area contributed by atoms with Crippen molar-refractivity contribution in [2.75, 3.05) is 11.9 Å². The van der Waals surface area contributed by atoms with Crippen LogP contribution in [-0.2, 0) is 9.53 Å². The Kier molecular flexibility index (Phi) is 8.58. The molecule has 1 aliphatic rings. The van der Waals surface area contributed by atoms with Gasteiger partial charge in [-0.25, -0.2) is 4.39 Å². The molecule has 3 nitrogen and oxygen atoms in total. The molecule has 0 radical (unpaired) electrons. The number of esters is 1. The van der Waals surface area contributed by atoms with E-state index in [1.807, 2.05) is 0 Å². The molecular weight excluding hydrogens is 379 g/mol. The van der Waals surface area contributed by atoms with Crippen molar-refractivity contribution in [3.05, 3.63) is 35.1 Å². The van der Waals surface area contributed by atoms with E-state index in [9.17, 15) is 14.0 Å². The number of ether oxygens (including phenoxy) is 1. The van der Waals surface area contributed by atoms with Crippen LogP contribution in [0.15, 0.2) is 18.2 Å². The molecule has 21 heavy (non-hydrogen) atoms. The summed E-state index contributed by atoms with van der Waals surface area (Å²) in [6.45, 7) is 2.12. The SMILES string of the molecule is CCOC(=O)[C@H]1C[C@@H]1c1ccc(C(=O)CBr)c(F)c1.S.S. The zero-order valence-corrected chi connectivity index (χ0v) is 15.1. The Hall–Kier alpha value is -0.530. The van der Waals surface area contributed by atoms with Crippen molar-refractivity contribution in [3.8, 4) is 0 Å². The Balaban J connectivity index is 0.00000200. The largest absolute Gasteiger partial charge is 0.466 e. The molecule has 2 atom stereocenters. The monoisotopic (exact) mass is 396 g/mol. The lowest BCUT2D eigenvalue weighted by Crippen LogP contribution is -2.08. The first-order valence-electron chi connectivity index (χ1n) is 6.13. The van der Waals surface area contributed by atoms with Gasteiger partial charge in [0.25, 0.3) is 0 Å². The molecule has 0 heterocycles. The average molecular weight is 397 g/mol. The third kappa shape index (κ3) is 4.72. The first-order valence-corrected chi connectivity index (χ1v) is 7.25. The lowest BCUT2D eigenvalue weighted by atomic mass is 10.0. The predicted octanol–water partition coefficient (Wildman–Crippen LogP) is 3.30. The van der Waals surface area contributed by atoms with Crippen LogP contribution in [0.3, 0.4) is 0 Å². The van der Waals surface area contributed by atoms with Gasteiger partial charge in [0, 0.05) is 0 Å². The molecule has 0 saturated heterocycles. The van der Waals surface area contributed by atoms with Gasteiger partial charge in [-0.1, -0.05) is 22.0 Å². The van der Waals surface area contributed by atoms with E-state index in [0.29, 0.717) is 13.0 Å². The van der Waals surface area contributed by atoms with Crippen LogP contribution in [0.4, 0.5) is 4.39 Å². The van der Waals surface area contributed by atoms with Crippen molar-refractivity contribution < 1.29 is 18.7 Å². The molecule has 1 saturated carbocycles. The minimum atomic E-state index is -0.531. The van der Waals surface area contributed by atoms with Gasteiger partial charge >= 0.3 is 5.97 Å². The molecule has 0 aromatic heterocycles. The summed E-state index contributed by atoms with van der Waals surface area (Å²) in [5.74, 6) is -1.20. The molecule has 2 rings (SSSR count). The smallest absolute Gasteiger partial charge is 0.309 e. The van der Waals surface area contributed by atoms with Crippen LogP contribution in [0, 0.1) is 11.7 Å². The molecular formula is C14H18BrFO3S2. The number of rotatable bonds is 5. The highest BCUT2D eigenvalue weighted by Crippen LogP contribution is 2.48. The fourth-order valence-corrected chi connectivity index (χ4v) is 2.44. The van der Waals surface area contributed by atoms with Crippen molar-refractivity contribution in [2.24, 2.45) is 5.92 Å². The lowest BCUT2D eigenvalue weighted by Gasteiger charge is -2.04. The van der Waals surface area contributed by atoms with Gasteiger partial charge in [-0.15, -0.1) is 0 Å². The van der Waals surface area contributed by atoms with E-state index < -0.39 is 5.82 Å². The number of hydrogen-bond donors (Lipinski definition) is 0.